The van der Waals surface area contributed by atoms with Gasteiger partial charge in [-0.3, -0.25) is 0 Å². The highest BCUT2D eigenvalue weighted by Gasteiger charge is 2.35. The summed E-state index contributed by atoms with van der Waals surface area (Å²) in [5.74, 6) is 1.89. The average molecular weight is 369 g/mol. The Bertz CT molecular complexity index is 887. The number of hydrogen-bond acceptors (Lipinski definition) is 6. The zero-order valence-corrected chi connectivity index (χ0v) is 15.7. The zero-order chi connectivity index (χ0) is 18.0. The summed E-state index contributed by atoms with van der Waals surface area (Å²) in [5.41, 5.74) is 1.14. The number of methoxy groups -OCH3 is 1. The molecule has 3 heterocycles. The molecular weight excluding hydrogens is 346 g/mol. The Kier molecular flexibility index (Phi) is 4.78. The average Bonchev–Trinajstić information content (AvgIpc) is 3.18. The van der Waals surface area contributed by atoms with E-state index >= 15 is 0 Å². The third kappa shape index (κ3) is 3.27. The molecule has 1 saturated heterocycles. The standard InChI is InChI=1S/C20H23N3O2S/c1-25-16-4-2-3-15(11-16)12-20(13-24)6-8-23(9-7-20)18-17-5-10-26-19(17)22-14-21-18/h2-5,10-11,14,24H,6-9,12-13H2,1H3. The molecule has 6 heteroatoms. The van der Waals surface area contributed by atoms with Crippen molar-refractivity contribution in [3.05, 3.63) is 47.6 Å². The van der Waals surface area contributed by atoms with Crippen LogP contribution in [0.3, 0.4) is 0 Å². The van der Waals surface area contributed by atoms with E-state index in [1.807, 2.05) is 12.1 Å². The normalized spacial score (nSPS) is 16.8. The van der Waals surface area contributed by atoms with Gasteiger partial charge in [0.15, 0.2) is 0 Å². The van der Waals surface area contributed by atoms with Crippen LogP contribution in [0.15, 0.2) is 42.0 Å². The van der Waals surface area contributed by atoms with Crippen molar-refractivity contribution in [3.63, 3.8) is 0 Å². The van der Waals surface area contributed by atoms with E-state index in [1.165, 1.54) is 5.56 Å². The number of benzene rings is 1. The van der Waals surface area contributed by atoms with E-state index < -0.39 is 0 Å². The van der Waals surface area contributed by atoms with Crippen molar-refractivity contribution in [2.75, 3.05) is 31.7 Å². The minimum Gasteiger partial charge on any atom is -0.497 e. The summed E-state index contributed by atoms with van der Waals surface area (Å²) in [4.78, 5) is 12.2. The predicted molar refractivity (Wildman–Crippen MR) is 105 cm³/mol. The summed E-state index contributed by atoms with van der Waals surface area (Å²) in [5, 5.41) is 13.3. The molecule has 4 rings (SSSR count). The Morgan fingerprint density at radius 1 is 1.23 bits per heavy atom. The molecule has 0 radical (unpaired) electrons. The lowest BCUT2D eigenvalue weighted by Crippen LogP contribution is -2.43. The third-order valence-corrected chi connectivity index (χ3v) is 6.23. The van der Waals surface area contributed by atoms with Gasteiger partial charge in [0.2, 0.25) is 0 Å². The molecule has 2 aromatic heterocycles. The maximum Gasteiger partial charge on any atom is 0.140 e. The van der Waals surface area contributed by atoms with Crippen molar-refractivity contribution < 1.29 is 9.84 Å². The van der Waals surface area contributed by atoms with Gasteiger partial charge >= 0.3 is 0 Å². The Balaban J connectivity index is 1.51. The Labute approximate surface area is 157 Å². The first-order valence-electron chi connectivity index (χ1n) is 8.90. The fourth-order valence-electron chi connectivity index (χ4n) is 3.83. The number of aliphatic hydroxyl groups excluding tert-OH is 1. The summed E-state index contributed by atoms with van der Waals surface area (Å²) in [6.07, 6.45) is 4.40. The predicted octanol–water partition coefficient (Wildman–Crippen LogP) is 3.52. The van der Waals surface area contributed by atoms with Crippen molar-refractivity contribution in [2.45, 2.75) is 19.3 Å². The van der Waals surface area contributed by atoms with E-state index in [0.29, 0.717) is 0 Å². The van der Waals surface area contributed by atoms with Gasteiger partial charge < -0.3 is 14.7 Å². The van der Waals surface area contributed by atoms with E-state index in [0.717, 1.165) is 54.1 Å². The number of rotatable bonds is 5. The van der Waals surface area contributed by atoms with Crippen LogP contribution in [0.25, 0.3) is 10.2 Å². The minimum atomic E-state index is -0.0797. The SMILES string of the molecule is COc1cccc(CC2(CO)CCN(c3ncnc4sccc34)CC2)c1. The summed E-state index contributed by atoms with van der Waals surface area (Å²) in [6, 6.07) is 10.3. The second-order valence-corrected chi connectivity index (χ2v) is 7.90. The fourth-order valence-corrected chi connectivity index (χ4v) is 4.56. The van der Waals surface area contributed by atoms with E-state index in [4.69, 9.17) is 4.74 Å². The highest BCUT2D eigenvalue weighted by molar-refractivity contribution is 7.16. The number of aliphatic hydroxyl groups is 1. The van der Waals surface area contributed by atoms with Crippen molar-refractivity contribution in [3.8, 4) is 5.75 Å². The maximum absolute atomic E-state index is 10.2. The van der Waals surface area contributed by atoms with Crippen LogP contribution < -0.4 is 9.64 Å². The number of fused-ring (bicyclic) bond motifs is 1. The van der Waals surface area contributed by atoms with Crippen LogP contribution in [0.5, 0.6) is 5.75 Å². The molecule has 1 fully saturated rings. The summed E-state index contributed by atoms with van der Waals surface area (Å²) >= 11 is 1.65. The van der Waals surface area contributed by atoms with Gasteiger partial charge in [-0.05, 0) is 48.4 Å². The van der Waals surface area contributed by atoms with E-state index in [1.54, 1.807) is 24.8 Å². The molecule has 26 heavy (non-hydrogen) atoms. The molecule has 5 nitrogen and oxygen atoms in total. The molecule has 3 aromatic rings. The number of thiophene rings is 1. The summed E-state index contributed by atoms with van der Waals surface area (Å²) in [7, 11) is 1.69. The van der Waals surface area contributed by atoms with Gasteiger partial charge in [-0.15, -0.1) is 11.3 Å². The molecule has 1 aromatic carbocycles. The van der Waals surface area contributed by atoms with Gasteiger partial charge in [-0.25, -0.2) is 9.97 Å². The molecule has 136 valence electrons. The highest BCUT2D eigenvalue weighted by Crippen LogP contribution is 2.38. The van der Waals surface area contributed by atoms with Crippen molar-refractivity contribution >= 4 is 27.4 Å². The minimum absolute atomic E-state index is 0.0797. The Hall–Kier alpha value is -2.18. The van der Waals surface area contributed by atoms with Crippen LogP contribution in [0.4, 0.5) is 5.82 Å². The quantitative estimate of drug-likeness (QED) is 0.746. The van der Waals surface area contributed by atoms with Crippen LogP contribution in [0.2, 0.25) is 0 Å². The molecule has 0 spiro atoms. The maximum atomic E-state index is 10.2. The topological polar surface area (TPSA) is 58.5 Å². The number of aromatic nitrogens is 2. The van der Waals surface area contributed by atoms with E-state index in [-0.39, 0.29) is 12.0 Å². The Morgan fingerprint density at radius 2 is 2.08 bits per heavy atom. The highest BCUT2D eigenvalue weighted by atomic mass is 32.1. The second-order valence-electron chi connectivity index (χ2n) is 7.01. The molecule has 0 saturated carbocycles. The smallest absolute Gasteiger partial charge is 0.140 e. The first kappa shape index (κ1) is 17.2. The third-order valence-electron chi connectivity index (χ3n) is 5.41. The largest absolute Gasteiger partial charge is 0.497 e. The summed E-state index contributed by atoms with van der Waals surface area (Å²) in [6.45, 7) is 1.99. The first-order chi connectivity index (χ1) is 12.7. The van der Waals surface area contributed by atoms with Crippen LogP contribution in [0, 0.1) is 5.41 Å². The van der Waals surface area contributed by atoms with Gasteiger partial charge in [0.25, 0.3) is 0 Å². The molecule has 0 aliphatic carbocycles. The second kappa shape index (κ2) is 7.21. The zero-order valence-electron chi connectivity index (χ0n) is 14.9. The van der Waals surface area contributed by atoms with Gasteiger partial charge in [0, 0.05) is 25.1 Å². The fraction of sp³-hybridized carbons (Fsp3) is 0.400. The Morgan fingerprint density at radius 3 is 2.85 bits per heavy atom. The van der Waals surface area contributed by atoms with Crippen LogP contribution in [0.1, 0.15) is 18.4 Å². The lowest BCUT2D eigenvalue weighted by molar-refractivity contribution is 0.0961. The number of hydrogen-bond donors (Lipinski definition) is 1. The summed E-state index contributed by atoms with van der Waals surface area (Å²) < 4.78 is 5.33. The molecule has 0 unspecified atom stereocenters. The van der Waals surface area contributed by atoms with E-state index in [2.05, 4.69) is 38.4 Å². The van der Waals surface area contributed by atoms with Crippen molar-refractivity contribution in [1.29, 1.82) is 0 Å². The molecule has 0 atom stereocenters. The molecular formula is C20H23N3O2S. The van der Waals surface area contributed by atoms with Gasteiger partial charge in [0.1, 0.15) is 22.7 Å². The molecule has 1 aliphatic heterocycles. The van der Waals surface area contributed by atoms with E-state index in [9.17, 15) is 5.11 Å². The first-order valence-corrected chi connectivity index (χ1v) is 9.78. The lowest BCUT2D eigenvalue weighted by Gasteiger charge is -2.41. The van der Waals surface area contributed by atoms with Crippen molar-refractivity contribution in [1.82, 2.24) is 9.97 Å². The van der Waals surface area contributed by atoms with Crippen LogP contribution in [-0.4, -0.2) is 41.9 Å². The molecule has 0 bridgehead atoms. The van der Waals surface area contributed by atoms with Crippen molar-refractivity contribution in [2.24, 2.45) is 5.41 Å². The molecule has 1 N–H and O–H groups in total. The van der Waals surface area contributed by atoms with Gasteiger partial charge in [-0.1, -0.05) is 12.1 Å². The molecule has 0 amide bonds. The van der Waals surface area contributed by atoms with Gasteiger partial charge in [-0.2, -0.15) is 0 Å². The lowest BCUT2D eigenvalue weighted by atomic mass is 9.74. The van der Waals surface area contributed by atoms with Crippen LogP contribution >= 0.6 is 11.3 Å². The number of ether oxygens (including phenoxy) is 1. The van der Waals surface area contributed by atoms with Crippen LogP contribution in [-0.2, 0) is 6.42 Å². The number of piperidine rings is 1. The number of anilines is 1. The van der Waals surface area contributed by atoms with Gasteiger partial charge in [0.05, 0.1) is 12.5 Å². The monoisotopic (exact) mass is 369 g/mol. The molecule has 1 aliphatic rings. The number of nitrogens with zero attached hydrogens (tertiary/aromatic N) is 3.